The second kappa shape index (κ2) is 4.71. The summed E-state index contributed by atoms with van der Waals surface area (Å²) in [5.74, 6) is 0.737. The normalized spacial score (nSPS) is 18.8. The van der Waals surface area contributed by atoms with Gasteiger partial charge in [-0.25, -0.2) is 4.98 Å². The van der Waals surface area contributed by atoms with E-state index in [4.69, 9.17) is 23.2 Å². The second-order valence-corrected chi connectivity index (χ2v) is 5.89. The van der Waals surface area contributed by atoms with Crippen LogP contribution in [-0.2, 0) is 0 Å². The van der Waals surface area contributed by atoms with Gasteiger partial charge >= 0.3 is 0 Å². The van der Waals surface area contributed by atoms with Gasteiger partial charge in [0.15, 0.2) is 0 Å². The zero-order chi connectivity index (χ0) is 12.7. The summed E-state index contributed by atoms with van der Waals surface area (Å²) in [5, 5.41) is 0.582. The minimum absolute atomic E-state index is 0.0375. The second-order valence-electron chi connectivity index (χ2n) is 5.13. The van der Waals surface area contributed by atoms with Crippen LogP contribution in [-0.4, -0.2) is 28.4 Å². The smallest absolute Gasteiger partial charge is 0.255 e. The van der Waals surface area contributed by atoms with Gasteiger partial charge in [0, 0.05) is 18.8 Å². The van der Waals surface area contributed by atoms with E-state index in [1.807, 2.05) is 4.90 Å². The van der Waals surface area contributed by atoms with Crippen LogP contribution in [0.15, 0.2) is 12.3 Å². The van der Waals surface area contributed by atoms with Gasteiger partial charge in [-0.3, -0.25) is 4.79 Å². The van der Waals surface area contributed by atoms with Crippen molar-refractivity contribution in [1.82, 2.24) is 9.88 Å². The van der Waals surface area contributed by atoms with Crippen LogP contribution >= 0.6 is 23.2 Å². The van der Waals surface area contributed by atoms with Gasteiger partial charge in [-0.15, -0.1) is 0 Å². The Hall–Kier alpha value is -0.800. The number of nitrogens with zero attached hydrogens (tertiary/aromatic N) is 2. The summed E-state index contributed by atoms with van der Waals surface area (Å²) in [6.45, 7) is 0.879. The highest BCUT2D eigenvalue weighted by atomic mass is 35.5. The third-order valence-corrected chi connectivity index (χ3v) is 4.13. The van der Waals surface area contributed by atoms with Crippen molar-refractivity contribution < 1.29 is 4.79 Å². The highest BCUT2D eigenvalue weighted by Crippen LogP contribution is 2.35. The maximum Gasteiger partial charge on any atom is 0.255 e. The van der Waals surface area contributed by atoms with Crippen molar-refractivity contribution in [3.63, 3.8) is 0 Å². The Labute approximate surface area is 116 Å². The molecular weight excluding hydrogens is 271 g/mol. The van der Waals surface area contributed by atoms with Crippen LogP contribution in [0.4, 0.5) is 0 Å². The first-order valence-corrected chi connectivity index (χ1v) is 7.03. The molecule has 1 heterocycles. The molecule has 3 rings (SSSR count). The number of carbonyl (C=O) groups is 1. The van der Waals surface area contributed by atoms with E-state index in [-0.39, 0.29) is 11.1 Å². The summed E-state index contributed by atoms with van der Waals surface area (Å²) in [6.07, 6.45) is 6.24. The molecule has 1 amide bonds. The predicted octanol–water partition coefficient (Wildman–Crippen LogP) is 3.40. The van der Waals surface area contributed by atoms with Gasteiger partial charge in [0.2, 0.25) is 0 Å². The summed E-state index contributed by atoms with van der Waals surface area (Å²) in [5.41, 5.74) is 0.539. The molecule has 0 bridgehead atoms. The maximum absolute atomic E-state index is 12.4. The number of carbonyl (C=O) groups excluding carboxylic acids is 1. The third kappa shape index (κ3) is 2.62. The lowest BCUT2D eigenvalue weighted by molar-refractivity contribution is 0.0734. The fourth-order valence-electron chi connectivity index (χ4n) is 2.07. The number of pyridine rings is 1. The molecule has 5 heteroatoms. The molecular formula is C13H14Cl2N2O. The van der Waals surface area contributed by atoms with E-state index < -0.39 is 0 Å². The van der Waals surface area contributed by atoms with E-state index in [9.17, 15) is 4.79 Å². The van der Waals surface area contributed by atoms with Crippen molar-refractivity contribution in [1.29, 1.82) is 0 Å². The maximum atomic E-state index is 12.4. The van der Waals surface area contributed by atoms with Crippen LogP contribution in [0.1, 0.15) is 36.0 Å². The van der Waals surface area contributed by atoms with E-state index in [2.05, 4.69) is 4.98 Å². The van der Waals surface area contributed by atoms with Crippen molar-refractivity contribution in [2.45, 2.75) is 31.7 Å². The fraction of sp³-hybridized carbons (Fsp3) is 0.538. The van der Waals surface area contributed by atoms with Gasteiger partial charge in [-0.1, -0.05) is 23.2 Å². The van der Waals surface area contributed by atoms with Crippen molar-refractivity contribution in [2.75, 3.05) is 6.54 Å². The third-order valence-electron chi connectivity index (χ3n) is 3.44. The Morgan fingerprint density at radius 1 is 1.33 bits per heavy atom. The Balaban J connectivity index is 1.79. The zero-order valence-corrected chi connectivity index (χ0v) is 11.4. The average molecular weight is 285 g/mol. The first-order chi connectivity index (χ1) is 8.65. The molecule has 0 aliphatic heterocycles. The van der Waals surface area contributed by atoms with Crippen molar-refractivity contribution in [2.24, 2.45) is 5.92 Å². The van der Waals surface area contributed by atoms with Gasteiger partial charge in [0.05, 0.1) is 10.6 Å². The molecule has 2 aliphatic carbocycles. The minimum Gasteiger partial charge on any atom is -0.335 e. The van der Waals surface area contributed by atoms with Crippen LogP contribution in [0.5, 0.6) is 0 Å². The quantitative estimate of drug-likeness (QED) is 0.794. The molecule has 0 atom stereocenters. The minimum atomic E-state index is 0.0375. The summed E-state index contributed by atoms with van der Waals surface area (Å²) in [7, 11) is 0. The Kier molecular flexibility index (Phi) is 3.20. The van der Waals surface area contributed by atoms with Crippen LogP contribution < -0.4 is 0 Å². The number of amides is 1. The van der Waals surface area contributed by atoms with E-state index in [0.717, 1.165) is 19.4 Å². The topological polar surface area (TPSA) is 33.2 Å². The number of hydrogen-bond acceptors (Lipinski definition) is 2. The largest absolute Gasteiger partial charge is 0.335 e. The molecule has 2 fully saturated rings. The fourth-order valence-corrected chi connectivity index (χ4v) is 2.34. The van der Waals surface area contributed by atoms with Crippen LogP contribution in [0.2, 0.25) is 10.2 Å². The Bertz CT molecular complexity index is 484. The number of aromatic nitrogens is 1. The monoisotopic (exact) mass is 284 g/mol. The molecule has 1 aromatic rings. The van der Waals surface area contributed by atoms with E-state index in [0.29, 0.717) is 22.5 Å². The number of halogens is 2. The molecule has 18 heavy (non-hydrogen) atoms. The summed E-state index contributed by atoms with van der Waals surface area (Å²) in [4.78, 5) is 18.4. The van der Waals surface area contributed by atoms with Crippen LogP contribution in [0, 0.1) is 5.92 Å². The summed E-state index contributed by atoms with van der Waals surface area (Å²) < 4.78 is 0. The van der Waals surface area contributed by atoms with Gasteiger partial charge in [-0.2, -0.15) is 0 Å². The van der Waals surface area contributed by atoms with Crippen molar-refractivity contribution >= 4 is 29.1 Å². The number of hydrogen-bond donors (Lipinski definition) is 0. The number of rotatable bonds is 4. The lowest BCUT2D eigenvalue weighted by Crippen LogP contribution is -2.35. The van der Waals surface area contributed by atoms with Crippen LogP contribution in [0.3, 0.4) is 0 Å². The van der Waals surface area contributed by atoms with Crippen LogP contribution in [0.25, 0.3) is 0 Å². The molecule has 0 aromatic carbocycles. The Morgan fingerprint density at radius 3 is 2.61 bits per heavy atom. The molecule has 1 aromatic heterocycles. The molecule has 3 nitrogen and oxygen atoms in total. The van der Waals surface area contributed by atoms with Crippen molar-refractivity contribution in [3.05, 3.63) is 28.0 Å². The summed E-state index contributed by atoms with van der Waals surface area (Å²) in [6, 6.07) is 2.04. The highest BCUT2D eigenvalue weighted by Gasteiger charge is 2.36. The molecule has 0 N–H and O–H groups in total. The molecule has 0 saturated heterocycles. The average Bonchev–Trinajstić information content (AvgIpc) is 3.22. The van der Waals surface area contributed by atoms with Gasteiger partial charge in [0.1, 0.15) is 5.15 Å². The molecule has 0 radical (unpaired) electrons. The predicted molar refractivity (Wildman–Crippen MR) is 71.0 cm³/mol. The van der Waals surface area contributed by atoms with Crippen molar-refractivity contribution in [3.8, 4) is 0 Å². The SMILES string of the molecule is O=C(c1cnc(Cl)c(Cl)c1)N(CC1CC1)C1CC1. The molecule has 0 spiro atoms. The molecule has 2 aliphatic rings. The first kappa shape index (κ1) is 12.2. The lowest BCUT2D eigenvalue weighted by atomic mass is 10.2. The van der Waals surface area contributed by atoms with E-state index in [1.54, 1.807) is 6.07 Å². The van der Waals surface area contributed by atoms with Gasteiger partial charge in [0.25, 0.3) is 5.91 Å². The lowest BCUT2D eigenvalue weighted by Gasteiger charge is -2.22. The molecule has 2 saturated carbocycles. The highest BCUT2D eigenvalue weighted by molar-refractivity contribution is 6.41. The van der Waals surface area contributed by atoms with E-state index >= 15 is 0 Å². The van der Waals surface area contributed by atoms with Gasteiger partial charge in [-0.05, 0) is 37.7 Å². The molecule has 96 valence electrons. The Morgan fingerprint density at radius 2 is 2.06 bits per heavy atom. The van der Waals surface area contributed by atoms with Gasteiger partial charge < -0.3 is 4.90 Å². The molecule has 0 unspecified atom stereocenters. The standard InChI is InChI=1S/C13H14Cl2N2O/c14-11-5-9(6-16-12(11)15)13(18)17(10-3-4-10)7-8-1-2-8/h5-6,8,10H,1-4,7H2. The summed E-state index contributed by atoms with van der Waals surface area (Å²) >= 11 is 11.7. The first-order valence-electron chi connectivity index (χ1n) is 6.27. The van der Waals surface area contributed by atoms with E-state index in [1.165, 1.54) is 19.0 Å². The zero-order valence-electron chi connectivity index (χ0n) is 9.90.